The van der Waals surface area contributed by atoms with Crippen molar-refractivity contribution in [3.8, 4) is 0 Å². The van der Waals surface area contributed by atoms with E-state index in [2.05, 4.69) is 27.7 Å². The van der Waals surface area contributed by atoms with Gasteiger partial charge in [-0.05, 0) is 12.8 Å². The summed E-state index contributed by atoms with van der Waals surface area (Å²) in [6, 6.07) is 2.81. The number of hydrogen-bond donors (Lipinski definition) is 3. The van der Waals surface area contributed by atoms with Crippen LogP contribution in [0.2, 0.25) is 5.15 Å². The molecule has 1 saturated carbocycles. The number of aromatic nitrogens is 2. The van der Waals surface area contributed by atoms with Crippen molar-refractivity contribution in [2.24, 2.45) is 5.92 Å². The van der Waals surface area contributed by atoms with Crippen molar-refractivity contribution in [3.63, 3.8) is 0 Å². The van der Waals surface area contributed by atoms with Crippen LogP contribution in [0.5, 0.6) is 0 Å². The summed E-state index contributed by atoms with van der Waals surface area (Å²) >= 11 is 5.65. The third-order valence-electron chi connectivity index (χ3n) is 2.76. The first-order valence-corrected chi connectivity index (χ1v) is 5.45. The fourth-order valence-corrected chi connectivity index (χ4v) is 2.08. The summed E-state index contributed by atoms with van der Waals surface area (Å²) in [5, 5.41) is 21.9. The van der Waals surface area contributed by atoms with Crippen molar-refractivity contribution in [2.75, 3.05) is 11.9 Å². The van der Waals surface area contributed by atoms with E-state index in [1.165, 1.54) is 0 Å². The van der Waals surface area contributed by atoms with Crippen LogP contribution in [0.3, 0.4) is 0 Å². The van der Waals surface area contributed by atoms with E-state index in [1.54, 1.807) is 0 Å². The van der Waals surface area contributed by atoms with Crippen molar-refractivity contribution < 1.29 is 49.2 Å². The smallest absolute Gasteiger partial charge is 0.0610 e. The van der Waals surface area contributed by atoms with Crippen molar-refractivity contribution in [1.82, 2.24) is 9.97 Å². The Morgan fingerprint density at radius 3 is 2.61 bits per heavy atom. The van der Waals surface area contributed by atoms with Gasteiger partial charge in [0.05, 0.1) is 6.10 Å². The first kappa shape index (κ1) is 18.3. The standard InChI is InChI=1S/C10H12ClN3O2.2Rh/c11-9-3-10(13-5-12-9)14-7-1-6(4-15)8(16)2-7;;/h6-8,15-16H,1-2,4H2,(H,12,13,14);;/q-2;;/t6-,7-,8+;;/m1../s1. The Balaban J connectivity index is 0.00000144. The second-order valence-electron chi connectivity index (χ2n) is 3.91. The van der Waals surface area contributed by atoms with Crippen molar-refractivity contribution in [2.45, 2.75) is 25.0 Å². The monoisotopic (exact) mass is 447 g/mol. The number of anilines is 1. The van der Waals surface area contributed by atoms with Gasteiger partial charge in [0.15, 0.2) is 0 Å². The molecule has 2 radical (unpaired) electrons. The summed E-state index contributed by atoms with van der Waals surface area (Å²) in [5.74, 6) is 0.398. The summed E-state index contributed by atoms with van der Waals surface area (Å²) in [7, 11) is 0. The zero-order valence-electron chi connectivity index (χ0n) is 9.19. The van der Waals surface area contributed by atoms with Crippen LogP contribution < -0.4 is 5.32 Å². The molecule has 1 aliphatic rings. The van der Waals surface area contributed by atoms with E-state index in [9.17, 15) is 5.11 Å². The fraction of sp³-hybridized carbons (Fsp3) is 0.600. The van der Waals surface area contributed by atoms with Crippen LogP contribution in [0.15, 0.2) is 0 Å². The van der Waals surface area contributed by atoms with Gasteiger partial charge >= 0.3 is 0 Å². The third-order valence-corrected chi connectivity index (χ3v) is 2.94. The average molecular weight is 447 g/mol. The normalized spacial score (nSPS) is 26.1. The Kier molecular flexibility index (Phi) is 8.66. The predicted molar refractivity (Wildman–Crippen MR) is 57.9 cm³/mol. The first-order valence-electron chi connectivity index (χ1n) is 5.07. The minimum atomic E-state index is -0.469. The Bertz CT molecular complexity index is 373. The Hall–Kier alpha value is 0.337. The summed E-state index contributed by atoms with van der Waals surface area (Å²) in [6.07, 6.45) is 3.22. The number of nitrogens with zero attached hydrogens (tertiary/aromatic N) is 2. The van der Waals surface area contributed by atoms with Crippen LogP contribution >= 0.6 is 11.6 Å². The molecule has 1 fully saturated rings. The molecule has 1 aromatic rings. The molecule has 5 nitrogen and oxygen atoms in total. The van der Waals surface area contributed by atoms with Gasteiger partial charge in [-0.25, -0.2) is 0 Å². The van der Waals surface area contributed by atoms with Gasteiger partial charge in [-0.3, -0.25) is 0 Å². The van der Waals surface area contributed by atoms with E-state index in [4.69, 9.17) is 16.7 Å². The van der Waals surface area contributed by atoms with Crippen LogP contribution in [0.4, 0.5) is 5.82 Å². The maximum Gasteiger partial charge on any atom is 0.0610 e. The van der Waals surface area contributed by atoms with Gasteiger partial charge in [-0.2, -0.15) is 22.6 Å². The molecule has 8 heteroatoms. The van der Waals surface area contributed by atoms with Gasteiger partial charge in [0, 0.05) is 63.8 Å². The number of hydrogen-bond acceptors (Lipinski definition) is 5. The van der Waals surface area contributed by atoms with Crippen LogP contribution in [0.25, 0.3) is 0 Å². The van der Waals surface area contributed by atoms with Crippen LogP contribution in [0.1, 0.15) is 12.8 Å². The molecule has 3 N–H and O–H groups in total. The average Bonchev–Trinajstić information content (AvgIpc) is 2.58. The molecule has 0 aromatic carbocycles. The Morgan fingerprint density at radius 2 is 2.06 bits per heavy atom. The molecule has 106 valence electrons. The number of halogens is 1. The molecule has 0 bridgehead atoms. The van der Waals surface area contributed by atoms with E-state index < -0.39 is 6.10 Å². The molecular weight excluding hydrogens is 435 g/mol. The minimum absolute atomic E-state index is 0. The number of aliphatic hydroxyl groups is 2. The number of aliphatic hydroxyl groups excluding tert-OH is 2. The fourth-order valence-electron chi connectivity index (χ4n) is 1.95. The van der Waals surface area contributed by atoms with Gasteiger partial charge < -0.3 is 31.6 Å². The molecule has 0 spiro atoms. The quantitative estimate of drug-likeness (QED) is 0.352. The van der Waals surface area contributed by atoms with E-state index in [0.717, 1.165) is 0 Å². The third kappa shape index (κ3) is 4.79. The van der Waals surface area contributed by atoms with Crippen LogP contribution in [0, 0.1) is 18.3 Å². The van der Waals surface area contributed by atoms with Crippen LogP contribution in [-0.2, 0) is 39.0 Å². The summed E-state index contributed by atoms with van der Waals surface area (Å²) in [5.41, 5.74) is 0. The predicted octanol–water partition coefficient (Wildman–Crippen LogP) is 0.269. The molecular formula is C10H12ClN3O2Rh2-2. The van der Waals surface area contributed by atoms with Gasteiger partial charge in [-0.1, -0.05) is 0 Å². The minimum Gasteiger partial charge on any atom is -0.533 e. The molecule has 1 aliphatic carbocycles. The molecule has 0 aliphatic heterocycles. The largest absolute Gasteiger partial charge is 0.533 e. The second-order valence-corrected chi connectivity index (χ2v) is 4.27. The topological polar surface area (TPSA) is 78.3 Å². The molecule has 1 heterocycles. The van der Waals surface area contributed by atoms with Gasteiger partial charge in [0.25, 0.3) is 0 Å². The van der Waals surface area contributed by atoms with Crippen LogP contribution in [-0.4, -0.2) is 38.9 Å². The van der Waals surface area contributed by atoms with E-state index in [-0.39, 0.29) is 62.7 Å². The first-order chi connectivity index (χ1) is 7.69. The van der Waals surface area contributed by atoms with E-state index in [1.807, 2.05) is 0 Å². The molecule has 2 rings (SSSR count). The molecule has 0 saturated heterocycles. The second kappa shape index (κ2) is 8.50. The van der Waals surface area contributed by atoms with Gasteiger partial charge in [0.2, 0.25) is 0 Å². The molecule has 18 heavy (non-hydrogen) atoms. The zero-order valence-corrected chi connectivity index (χ0v) is 13.2. The van der Waals surface area contributed by atoms with E-state index in [0.29, 0.717) is 18.7 Å². The van der Waals surface area contributed by atoms with Crippen molar-refractivity contribution >= 4 is 17.4 Å². The van der Waals surface area contributed by atoms with Crippen molar-refractivity contribution in [3.05, 3.63) is 17.5 Å². The summed E-state index contributed by atoms with van der Waals surface area (Å²) in [4.78, 5) is 7.45. The molecule has 0 unspecified atom stereocenters. The summed E-state index contributed by atoms with van der Waals surface area (Å²) in [6.45, 7) is -0.000282. The SMILES string of the molecule is OC[C@H]1C[C@@H](Nc2[c-]c(Cl)n[c-]n2)C[C@@H]1O.[Rh].[Rh]. The van der Waals surface area contributed by atoms with Gasteiger partial charge in [-0.15, -0.1) is 0 Å². The van der Waals surface area contributed by atoms with Gasteiger partial charge in [0.1, 0.15) is 0 Å². The summed E-state index contributed by atoms with van der Waals surface area (Å²) < 4.78 is 0. The number of rotatable bonds is 3. The van der Waals surface area contributed by atoms with Crippen molar-refractivity contribution in [1.29, 1.82) is 0 Å². The maximum absolute atomic E-state index is 9.62. The zero-order chi connectivity index (χ0) is 11.5. The number of nitrogens with one attached hydrogen (secondary N) is 1. The Morgan fingerprint density at radius 1 is 1.33 bits per heavy atom. The Labute approximate surface area is 136 Å². The molecule has 0 amide bonds. The molecule has 1 aromatic heterocycles. The molecule has 3 atom stereocenters. The maximum atomic E-state index is 9.62. The van der Waals surface area contributed by atoms with E-state index >= 15 is 0 Å².